The van der Waals surface area contributed by atoms with E-state index in [2.05, 4.69) is 5.73 Å². The number of allylic oxidation sites excluding steroid dienone is 1. The molecule has 0 aliphatic carbocycles. The molecule has 0 saturated carbocycles. The highest BCUT2D eigenvalue weighted by Gasteiger charge is 1.90. The van der Waals surface area contributed by atoms with Gasteiger partial charge in [0.15, 0.2) is 0 Å². The van der Waals surface area contributed by atoms with Gasteiger partial charge in [-0.05, 0) is 6.42 Å². The van der Waals surface area contributed by atoms with Crippen molar-refractivity contribution in [3.63, 3.8) is 0 Å². The maximum Gasteiger partial charge on any atom is 0.335 e. The van der Waals surface area contributed by atoms with Gasteiger partial charge in [-0.2, -0.15) is 0 Å². The van der Waals surface area contributed by atoms with Crippen LogP contribution in [0.3, 0.4) is 0 Å². The number of hydrogen-bond acceptors (Lipinski definition) is 2. The summed E-state index contributed by atoms with van der Waals surface area (Å²) in [4.78, 5) is 10.1. The summed E-state index contributed by atoms with van der Waals surface area (Å²) in [6, 6.07) is 0. The van der Waals surface area contributed by atoms with E-state index in [1.807, 2.05) is 6.92 Å². The fourth-order valence-corrected chi connectivity index (χ4v) is 0.309. The molecule has 0 unspecified atom stereocenters. The molecule has 0 aliphatic heterocycles. The number of carbonyl (C=O) groups excluding carboxylic acids is 1. The van der Waals surface area contributed by atoms with E-state index in [0.717, 1.165) is 0 Å². The zero-order valence-electron chi connectivity index (χ0n) is 4.98. The van der Waals surface area contributed by atoms with Crippen LogP contribution in [0.4, 0.5) is 0 Å². The lowest BCUT2D eigenvalue weighted by Crippen LogP contribution is -2.55. The highest BCUT2D eigenvalue weighted by molar-refractivity contribution is 5.78. The molecule has 0 bridgehead atoms. The molecule has 46 valence electrons. The van der Waals surface area contributed by atoms with Gasteiger partial charge in [-0.25, -0.2) is 4.79 Å². The Morgan fingerprint density at radius 3 is 2.50 bits per heavy atom. The van der Waals surface area contributed by atoms with E-state index in [9.17, 15) is 4.79 Å². The highest BCUT2D eigenvalue weighted by atomic mass is 16.1. The van der Waals surface area contributed by atoms with Gasteiger partial charge in [-0.15, -0.1) is 0 Å². The number of hydrogen-bond donors (Lipinski definition) is 2. The van der Waals surface area contributed by atoms with Crippen LogP contribution in [-0.4, -0.2) is 5.91 Å². The second-order valence-corrected chi connectivity index (χ2v) is 1.54. The molecule has 0 aromatic rings. The first kappa shape index (κ1) is 7.17. The van der Waals surface area contributed by atoms with Crippen LogP contribution in [0.25, 0.3) is 0 Å². The minimum absolute atomic E-state index is 0.232. The molecular weight excluding hydrogens is 104 g/mol. The fourth-order valence-electron chi connectivity index (χ4n) is 0.309. The van der Waals surface area contributed by atoms with E-state index in [0.29, 0.717) is 12.1 Å². The molecule has 3 heteroatoms. The van der Waals surface area contributed by atoms with Crippen molar-refractivity contribution in [1.29, 1.82) is 0 Å². The molecule has 0 aliphatic rings. The van der Waals surface area contributed by atoms with Crippen molar-refractivity contribution in [3.8, 4) is 0 Å². The van der Waals surface area contributed by atoms with Crippen LogP contribution in [0.5, 0.6) is 0 Å². The minimum Gasteiger partial charge on any atom is -0.402 e. The standard InChI is InChI=1S/C5H10N2O/c1-2-4(6)3-5(7)8/h3H,2,6H2,1H3,(H2,7,8)/p+1. The second kappa shape index (κ2) is 3.21. The van der Waals surface area contributed by atoms with Gasteiger partial charge in [0.05, 0.1) is 6.08 Å². The molecule has 5 N–H and O–H groups in total. The summed E-state index contributed by atoms with van der Waals surface area (Å²) in [5, 5.41) is 0. The maximum absolute atomic E-state index is 10.1. The van der Waals surface area contributed by atoms with Gasteiger partial charge in [0.1, 0.15) is 0 Å². The van der Waals surface area contributed by atoms with Gasteiger partial charge >= 0.3 is 5.91 Å². The third-order valence-corrected chi connectivity index (χ3v) is 0.755. The van der Waals surface area contributed by atoms with E-state index in [1.54, 1.807) is 0 Å². The minimum atomic E-state index is -0.232. The molecule has 0 fully saturated rings. The summed E-state index contributed by atoms with van der Waals surface area (Å²) < 4.78 is 0. The Balaban J connectivity index is 3.75. The third kappa shape index (κ3) is 3.36. The van der Waals surface area contributed by atoms with E-state index in [-0.39, 0.29) is 5.91 Å². The average Bonchev–Trinajstić information content (AvgIpc) is 1.65. The van der Waals surface area contributed by atoms with Crippen molar-refractivity contribution in [1.82, 2.24) is 0 Å². The molecule has 0 saturated heterocycles. The summed E-state index contributed by atoms with van der Waals surface area (Å²) in [6.45, 7) is 1.88. The molecule has 3 nitrogen and oxygen atoms in total. The van der Waals surface area contributed by atoms with Crippen molar-refractivity contribution in [3.05, 3.63) is 11.8 Å². The van der Waals surface area contributed by atoms with Crippen molar-refractivity contribution < 1.29 is 10.5 Å². The summed E-state index contributed by atoms with van der Waals surface area (Å²) in [5.41, 5.74) is 8.99. The number of carbonyl (C=O) groups is 1. The van der Waals surface area contributed by atoms with E-state index in [1.165, 1.54) is 6.08 Å². The van der Waals surface area contributed by atoms with Crippen LogP contribution in [0.15, 0.2) is 11.8 Å². The van der Waals surface area contributed by atoms with Crippen LogP contribution in [0.1, 0.15) is 13.3 Å². The number of rotatable bonds is 2. The predicted octanol–water partition coefficient (Wildman–Crippen LogP) is -0.992. The van der Waals surface area contributed by atoms with Gasteiger partial charge in [-0.1, -0.05) is 6.92 Å². The zero-order valence-corrected chi connectivity index (χ0v) is 4.98. The first-order valence-corrected chi connectivity index (χ1v) is 2.48. The fraction of sp³-hybridized carbons (Fsp3) is 0.400. The Labute approximate surface area is 48.4 Å². The largest absolute Gasteiger partial charge is 0.402 e. The van der Waals surface area contributed by atoms with Gasteiger partial charge < -0.3 is 5.73 Å². The first-order valence-electron chi connectivity index (χ1n) is 2.48. The third-order valence-electron chi connectivity index (χ3n) is 0.755. The van der Waals surface area contributed by atoms with Crippen LogP contribution >= 0.6 is 0 Å². The first-order chi connectivity index (χ1) is 3.66. The molecule has 0 heterocycles. The molecule has 8 heavy (non-hydrogen) atoms. The van der Waals surface area contributed by atoms with Gasteiger partial charge in [0.2, 0.25) is 0 Å². The quantitative estimate of drug-likeness (QED) is 0.453. The van der Waals surface area contributed by atoms with Crippen LogP contribution in [0.2, 0.25) is 0 Å². The van der Waals surface area contributed by atoms with Crippen LogP contribution < -0.4 is 11.5 Å². The van der Waals surface area contributed by atoms with Crippen molar-refractivity contribution in [2.24, 2.45) is 5.73 Å². The Kier molecular flexibility index (Phi) is 2.88. The molecule has 0 spiro atoms. The van der Waals surface area contributed by atoms with E-state index < -0.39 is 0 Å². The summed E-state index contributed by atoms with van der Waals surface area (Å²) in [7, 11) is 0. The normalized spacial score (nSPS) is 11.5. The Hall–Kier alpha value is -0.830. The molecule has 0 aromatic heterocycles. The molecule has 0 aromatic carbocycles. The van der Waals surface area contributed by atoms with E-state index >= 15 is 0 Å². The maximum atomic E-state index is 10.1. The molecule has 1 amide bonds. The lowest BCUT2D eigenvalue weighted by Gasteiger charge is -1.87. The Morgan fingerprint density at radius 1 is 1.88 bits per heavy atom. The summed E-state index contributed by atoms with van der Waals surface area (Å²) >= 11 is 0. The molecule has 0 atom stereocenters. The molecular formula is C5H11N2O+. The monoisotopic (exact) mass is 115 g/mol. The van der Waals surface area contributed by atoms with Crippen molar-refractivity contribution >= 4 is 5.91 Å². The van der Waals surface area contributed by atoms with Crippen molar-refractivity contribution in [2.75, 3.05) is 0 Å². The number of nitrogens with two attached hydrogens (primary N) is 1. The van der Waals surface area contributed by atoms with E-state index in [4.69, 9.17) is 5.73 Å². The van der Waals surface area contributed by atoms with Crippen LogP contribution in [-0.2, 0) is 4.79 Å². The van der Waals surface area contributed by atoms with Gasteiger partial charge in [-0.3, -0.25) is 5.73 Å². The average molecular weight is 115 g/mol. The van der Waals surface area contributed by atoms with Crippen molar-refractivity contribution in [2.45, 2.75) is 13.3 Å². The lowest BCUT2D eigenvalue weighted by molar-refractivity contribution is -0.297. The predicted molar refractivity (Wildman–Crippen MR) is 30.5 cm³/mol. The summed E-state index contributed by atoms with van der Waals surface area (Å²) in [5.74, 6) is -0.232. The Bertz CT molecular complexity index is 118. The summed E-state index contributed by atoms with van der Waals surface area (Å²) in [6.07, 6.45) is 2.04. The SMILES string of the molecule is CCC(N)=CC([NH3+])=O. The topological polar surface area (TPSA) is 70.7 Å². The molecule has 0 rings (SSSR count). The lowest BCUT2D eigenvalue weighted by atomic mass is 10.3. The smallest absolute Gasteiger partial charge is 0.335 e. The van der Waals surface area contributed by atoms with Crippen LogP contribution in [0, 0.1) is 0 Å². The van der Waals surface area contributed by atoms with Gasteiger partial charge in [0, 0.05) is 5.70 Å². The van der Waals surface area contributed by atoms with Gasteiger partial charge in [0.25, 0.3) is 0 Å². The number of quaternary nitrogens is 1. The second-order valence-electron chi connectivity index (χ2n) is 1.54. The Morgan fingerprint density at radius 2 is 2.38 bits per heavy atom. The highest BCUT2D eigenvalue weighted by Crippen LogP contribution is 1.86. The molecule has 0 radical (unpaired) electrons. The zero-order chi connectivity index (χ0) is 6.57. The number of amides is 1.